The highest BCUT2D eigenvalue weighted by Crippen LogP contribution is 2.36. The van der Waals surface area contributed by atoms with Gasteiger partial charge in [0.1, 0.15) is 5.82 Å². The molecule has 0 bridgehead atoms. The topological polar surface area (TPSA) is 37.8 Å². The second-order valence-electron chi connectivity index (χ2n) is 7.00. The molecule has 1 N–H and O–H groups in total. The fourth-order valence-electron chi connectivity index (χ4n) is 4.15. The van der Waals surface area contributed by atoms with Gasteiger partial charge in [0.15, 0.2) is 0 Å². The number of nitrogens with zero attached hydrogens (tertiary/aromatic N) is 2. The van der Waals surface area contributed by atoms with Gasteiger partial charge >= 0.3 is 0 Å². The number of aryl methyl sites for hydroxylation is 1. The van der Waals surface area contributed by atoms with Gasteiger partial charge in [-0.3, -0.25) is 0 Å². The molecule has 0 spiro atoms. The van der Waals surface area contributed by atoms with Gasteiger partial charge in [-0.2, -0.15) is 0 Å². The zero-order valence-electron chi connectivity index (χ0n) is 13.6. The molecule has 3 atom stereocenters. The van der Waals surface area contributed by atoms with Gasteiger partial charge in [0.2, 0.25) is 0 Å². The maximum Gasteiger partial charge on any atom is 0.131 e. The molecule has 2 aliphatic carbocycles. The molecule has 3 heteroatoms. The predicted molar refractivity (Wildman–Crippen MR) is 86.5 cm³/mol. The van der Waals surface area contributed by atoms with Crippen LogP contribution in [-0.2, 0) is 12.8 Å². The third kappa shape index (κ3) is 3.45. The Bertz CT molecular complexity index is 472. The van der Waals surface area contributed by atoms with Crippen molar-refractivity contribution in [3.8, 4) is 0 Å². The van der Waals surface area contributed by atoms with Crippen LogP contribution in [0.5, 0.6) is 0 Å². The maximum atomic E-state index is 4.97. The van der Waals surface area contributed by atoms with Crippen molar-refractivity contribution in [1.82, 2.24) is 15.3 Å². The minimum absolute atomic E-state index is 0.615. The summed E-state index contributed by atoms with van der Waals surface area (Å²) in [4.78, 5) is 9.72. The maximum absolute atomic E-state index is 4.97. The van der Waals surface area contributed by atoms with Gasteiger partial charge in [0.25, 0.3) is 0 Å². The number of hydrogen-bond acceptors (Lipinski definition) is 3. The van der Waals surface area contributed by atoms with Crippen LogP contribution in [0.3, 0.4) is 0 Å². The first-order chi connectivity index (χ1) is 10.3. The van der Waals surface area contributed by atoms with E-state index in [-0.39, 0.29) is 0 Å². The molecule has 1 aromatic heterocycles. The van der Waals surface area contributed by atoms with Crippen molar-refractivity contribution in [3.05, 3.63) is 23.3 Å². The SMILES string of the molecule is CCC1CCCC(c2ncc3c(n2)CCC(CNC)C3)C1. The Morgan fingerprint density at radius 3 is 2.95 bits per heavy atom. The Hall–Kier alpha value is -0.960. The van der Waals surface area contributed by atoms with E-state index in [0.29, 0.717) is 5.92 Å². The standard InChI is InChI=1S/C18H29N3/c1-3-13-5-4-6-15(9-13)18-20-12-16-10-14(11-19-2)7-8-17(16)21-18/h12-15,19H,3-11H2,1-2H3. The monoisotopic (exact) mass is 287 g/mol. The molecule has 0 radical (unpaired) electrons. The molecule has 2 aliphatic rings. The fourth-order valence-corrected chi connectivity index (χ4v) is 4.15. The minimum atomic E-state index is 0.615. The molecule has 0 amide bonds. The molecular weight excluding hydrogens is 258 g/mol. The van der Waals surface area contributed by atoms with Crippen LogP contribution in [0.4, 0.5) is 0 Å². The molecular formula is C18H29N3. The molecule has 21 heavy (non-hydrogen) atoms. The van der Waals surface area contributed by atoms with Crippen molar-refractivity contribution in [2.45, 2.75) is 64.2 Å². The van der Waals surface area contributed by atoms with Crippen molar-refractivity contribution in [1.29, 1.82) is 0 Å². The highest BCUT2D eigenvalue weighted by molar-refractivity contribution is 5.22. The van der Waals surface area contributed by atoms with E-state index in [1.165, 1.54) is 49.8 Å². The minimum Gasteiger partial charge on any atom is -0.319 e. The highest BCUT2D eigenvalue weighted by atomic mass is 14.9. The van der Waals surface area contributed by atoms with E-state index < -0.39 is 0 Å². The lowest BCUT2D eigenvalue weighted by atomic mass is 9.79. The van der Waals surface area contributed by atoms with E-state index >= 15 is 0 Å². The van der Waals surface area contributed by atoms with Crippen LogP contribution in [0.1, 0.15) is 68.4 Å². The number of fused-ring (bicyclic) bond motifs is 1. The molecule has 0 aliphatic heterocycles. The van der Waals surface area contributed by atoms with Crippen molar-refractivity contribution in [2.24, 2.45) is 11.8 Å². The van der Waals surface area contributed by atoms with Crippen LogP contribution >= 0.6 is 0 Å². The first kappa shape index (κ1) is 15.0. The van der Waals surface area contributed by atoms with Crippen molar-refractivity contribution >= 4 is 0 Å². The summed E-state index contributed by atoms with van der Waals surface area (Å²) in [6.07, 6.45) is 12.4. The van der Waals surface area contributed by atoms with Gasteiger partial charge in [-0.05, 0) is 63.1 Å². The van der Waals surface area contributed by atoms with Crippen molar-refractivity contribution < 1.29 is 0 Å². The lowest BCUT2D eigenvalue weighted by Crippen LogP contribution is -2.26. The predicted octanol–water partition coefficient (Wildman–Crippen LogP) is 3.48. The fraction of sp³-hybridized carbons (Fsp3) is 0.778. The molecule has 1 fully saturated rings. The third-order valence-electron chi connectivity index (χ3n) is 5.49. The Morgan fingerprint density at radius 2 is 2.14 bits per heavy atom. The van der Waals surface area contributed by atoms with E-state index in [2.05, 4.69) is 18.4 Å². The molecule has 1 saturated carbocycles. The second kappa shape index (κ2) is 6.87. The Kier molecular flexibility index (Phi) is 4.89. The van der Waals surface area contributed by atoms with E-state index in [9.17, 15) is 0 Å². The van der Waals surface area contributed by atoms with Gasteiger partial charge < -0.3 is 5.32 Å². The molecule has 1 heterocycles. The summed E-state index contributed by atoms with van der Waals surface area (Å²) in [6, 6.07) is 0. The number of rotatable bonds is 4. The molecule has 3 unspecified atom stereocenters. The van der Waals surface area contributed by atoms with Gasteiger partial charge in [0.05, 0.1) is 0 Å². The van der Waals surface area contributed by atoms with Crippen LogP contribution in [0.2, 0.25) is 0 Å². The van der Waals surface area contributed by atoms with Crippen LogP contribution in [0.15, 0.2) is 6.20 Å². The van der Waals surface area contributed by atoms with Crippen molar-refractivity contribution in [3.63, 3.8) is 0 Å². The summed E-state index contributed by atoms with van der Waals surface area (Å²) >= 11 is 0. The average Bonchev–Trinajstić information content (AvgIpc) is 2.55. The summed E-state index contributed by atoms with van der Waals surface area (Å²) in [5.41, 5.74) is 2.74. The Balaban J connectivity index is 1.71. The van der Waals surface area contributed by atoms with Crippen LogP contribution in [0.25, 0.3) is 0 Å². The quantitative estimate of drug-likeness (QED) is 0.921. The van der Waals surface area contributed by atoms with Gasteiger partial charge in [-0.25, -0.2) is 9.97 Å². The summed E-state index contributed by atoms with van der Waals surface area (Å²) < 4.78 is 0. The first-order valence-electron chi connectivity index (χ1n) is 8.79. The number of aromatic nitrogens is 2. The molecule has 0 aromatic carbocycles. The smallest absolute Gasteiger partial charge is 0.131 e. The van der Waals surface area contributed by atoms with E-state index in [1.54, 1.807) is 0 Å². The molecule has 1 aromatic rings. The highest BCUT2D eigenvalue weighted by Gasteiger charge is 2.26. The Morgan fingerprint density at radius 1 is 1.24 bits per heavy atom. The zero-order chi connectivity index (χ0) is 14.7. The van der Waals surface area contributed by atoms with Crippen LogP contribution in [0, 0.1) is 11.8 Å². The van der Waals surface area contributed by atoms with Crippen LogP contribution in [-0.4, -0.2) is 23.6 Å². The van der Waals surface area contributed by atoms with E-state index in [4.69, 9.17) is 9.97 Å². The lowest BCUT2D eigenvalue weighted by Gasteiger charge is -2.29. The van der Waals surface area contributed by atoms with Crippen LogP contribution < -0.4 is 5.32 Å². The van der Waals surface area contributed by atoms with E-state index in [0.717, 1.165) is 37.0 Å². The van der Waals surface area contributed by atoms with Gasteiger partial charge in [-0.15, -0.1) is 0 Å². The largest absolute Gasteiger partial charge is 0.319 e. The molecule has 0 saturated heterocycles. The normalized spacial score (nSPS) is 29.1. The summed E-state index contributed by atoms with van der Waals surface area (Å²) in [5, 5.41) is 3.30. The molecule has 3 rings (SSSR count). The number of hydrogen-bond donors (Lipinski definition) is 1. The van der Waals surface area contributed by atoms with Gasteiger partial charge in [0, 0.05) is 17.8 Å². The summed E-state index contributed by atoms with van der Waals surface area (Å²) in [5.74, 6) is 3.41. The zero-order valence-corrected chi connectivity index (χ0v) is 13.6. The first-order valence-corrected chi connectivity index (χ1v) is 8.79. The Labute approximate surface area is 129 Å². The van der Waals surface area contributed by atoms with Crippen molar-refractivity contribution in [2.75, 3.05) is 13.6 Å². The number of nitrogens with one attached hydrogen (secondary N) is 1. The van der Waals surface area contributed by atoms with Gasteiger partial charge in [-0.1, -0.05) is 26.2 Å². The van der Waals surface area contributed by atoms with E-state index in [1.807, 2.05) is 7.05 Å². The lowest BCUT2D eigenvalue weighted by molar-refractivity contribution is 0.306. The molecule has 3 nitrogen and oxygen atoms in total. The summed E-state index contributed by atoms with van der Waals surface area (Å²) in [7, 11) is 2.04. The second-order valence-corrected chi connectivity index (χ2v) is 7.00. The molecule has 116 valence electrons. The summed E-state index contributed by atoms with van der Waals surface area (Å²) in [6.45, 7) is 3.44. The average molecular weight is 287 g/mol. The third-order valence-corrected chi connectivity index (χ3v) is 5.49.